The molecule has 0 unspecified atom stereocenters. The summed E-state index contributed by atoms with van der Waals surface area (Å²) in [4.78, 5) is 4.54. The second kappa shape index (κ2) is 7.00. The van der Waals surface area contributed by atoms with Crippen LogP contribution in [-0.4, -0.2) is 6.21 Å². The van der Waals surface area contributed by atoms with Gasteiger partial charge in [-0.1, -0.05) is 42.0 Å². The molecule has 0 radical (unpaired) electrons. The lowest BCUT2D eigenvalue weighted by Gasteiger charge is -2.05. The van der Waals surface area contributed by atoms with Gasteiger partial charge in [0, 0.05) is 0 Å². The van der Waals surface area contributed by atoms with Crippen molar-refractivity contribution in [2.24, 2.45) is 4.99 Å². The van der Waals surface area contributed by atoms with E-state index < -0.39 is 0 Å². The van der Waals surface area contributed by atoms with Crippen molar-refractivity contribution < 1.29 is 0 Å². The van der Waals surface area contributed by atoms with Gasteiger partial charge in [-0.25, -0.2) is 0 Å². The van der Waals surface area contributed by atoms with Gasteiger partial charge in [-0.05, 0) is 45.4 Å². The number of rotatable bonds is 5. The van der Waals surface area contributed by atoms with Crippen molar-refractivity contribution in [2.75, 3.05) is 0 Å². The number of allylic oxidation sites excluding steroid dienone is 2. The average Bonchev–Trinajstić information content (AvgIpc) is 2.29. The summed E-state index contributed by atoms with van der Waals surface area (Å²) in [6.45, 7) is 6.39. The monoisotopic (exact) mass is 215 g/mol. The van der Waals surface area contributed by atoms with Crippen molar-refractivity contribution in [3.63, 3.8) is 0 Å². The van der Waals surface area contributed by atoms with Gasteiger partial charge in [0.25, 0.3) is 0 Å². The van der Waals surface area contributed by atoms with E-state index in [-0.39, 0.29) is 6.04 Å². The Morgan fingerprint density at radius 1 is 1.19 bits per heavy atom. The maximum absolute atomic E-state index is 4.54. The van der Waals surface area contributed by atoms with Crippen LogP contribution in [0.15, 0.2) is 47.0 Å². The third-order valence-corrected chi connectivity index (χ3v) is 2.46. The Morgan fingerprint density at radius 3 is 2.50 bits per heavy atom. The van der Waals surface area contributed by atoms with E-state index in [2.05, 4.69) is 56.1 Å². The predicted molar refractivity (Wildman–Crippen MR) is 72.0 cm³/mol. The summed E-state index contributed by atoms with van der Waals surface area (Å²) < 4.78 is 0. The van der Waals surface area contributed by atoms with E-state index in [1.807, 2.05) is 12.3 Å². The quantitative estimate of drug-likeness (QED) is 0.388. The molecular weight excluding hydrogens is 194 g/mol. The molecule has 0 saturated carbocycles. The van der Waals surface area contributed by atoms with Crippen molar-refractivity contribution in [3.8, 4) is 0 Å². The van der Waals surface area contributed by atoms with E-state index in [1.54, 1.807) is 0 Å². The predicted octanol–water partition coefficient (Wildman–Crippen LogP) is 4.56. The fraction of sp³-hybridized carbons (Fsp3) is 0.400. The second-order valence-corrected chi connectivity index (χ2v) is 4.28. The topological polar surface area (TPSA) is 12.4 Å². The molecule has 0 aliphatic rings. The molecule has 0 aliphatic heterocycles. The van der Waals surface area contributed by atoms with Gasteiger partial charge in [-0.3, -0.25) is 4.99 Å². The van der Waals surface area contributed by atoms with Crippen LogP contribution in [0.3, 0.4) is 0 Å². The highest BCUT2D eigenvalue weighted by Crippen LogP contribution is 2.15. The van der Waals surface area contributed by atoms with E-state index in [1.165, 1.54) is 11.1 Å². The first-order valence-electron chi connectivity index (χ1n) is 5.90. The number of hydrogen-bond acceptors (Lipinski definition) is 1. The number of nitrogens with zero attached hydrogens (tertiary/aromatic N) is 1. The van der Waals surface area contributed by atoms with E-state index in [0.717, 1.165) is 12.8 Å². The Balaban J connectivity index is 2.37. The van der Waals surface area contributed by atoms with Crippen molar-refractivity contribution in [3.05, 3.63) is 47.5 Å². The van der Waals surface area contributed by atoms with Gasteiger partial charge in [-0.2, -0.15) is 0 Å². The SMILES string of the molecule is CC(C)=CCCC=N[C@@H](C)c1ccccc1. The van der Waals surface area contributed by atoms with Crippen LogP contribution >= 0.6 is 0 Å². The third kappa shape index (κ3) is 4.92. The lowest BCUT2D eigenvalue weighted by atomic mass is 10.1. The molecule has 1 nitrogen and oxygen atoms in total. The van der Waals surface area contributed by atoms with E-state index in [9.17, 15) is 0 Å². The molecule has 86 valence electrons. The molecule has 1 heteroatoms. The van der Waals surface area contributed by atoms with E-state index in [0.29, 0.717) is 0 Å². The number of aliphatic imine (C=N–C) groups is 1. The molecule has 0 N–H and O–H groups in total. The molecule has 0 spiro atoms. The van der Waals surface area contributed by atoms with Gasteiger partial charge in [0.2, 0.25) is 0 Å². The molecule has 1 aromatic carbocycles. The lowest BCUT2D eigenvalue weighted by Crippen LogP contribution is -1.89. The van der Waals surface area contributed by atoms with Gasteiger partial charge >= 0.3 is 0 Å². The maximum Gasteiger partial charge on any atom is 0.0716 e. The molecule has 1 aromatic rings. The molecule has 0 bridgehead atoms. The summed E-state index contributed by atoms with van der Waals surface area (Å²) in [6.07, 6.45) is 6.41. The molecule has 1 rings (SSSR count). The molecule has 0 fully saturated rings. The fourth-order valence-electron chi connectivity index (χ4n) is 1.50. The van der Waals surface area contributed by atoms with E-state index in [4.69, 9.17) is 0 Å². The lowest BCUT2D eigenvalue weighted by molar-refractivity contribution is 0.819. The van der Waals surface area contributed by atoms with Gasteiger partial charge in [0.1, 0.15) is 0 Å². The summed E-state index contributed by atoms with van der Waals surface area (Å²) in [5.41, 5.74) is 2.66. The summed E-state index contributed by atoms with van der Waals surface area (Å²) in [6, 6.07) is 10.7. The van der Waals surface area contributed by atoms with Crippen molar-refractivity contribution in [1.29, 1.82) is 0 Å². The highest BCUT2D eigenvalue weighted by Gasteiger charge is 1.99. The molecule has 0 aliphatic carbocycles. The van der Waals surface area contributed by atoms with Crippen LogP contribution in [0.2, 0.25) is 0 Å². The molecule has 0 saturated heterocycles. The maximum atomic E-state index is 4.54. The summed E-state index contributed by atoms with van der Waals surface area (Å²) >= 11 is 0. The normalized spacial score (nSPS) is 12.7. The molecule has 0 heterocycles. The highest BCUT2D eigenvalue weighted by molar-refractivity contribution is 5.58. The first-order chi connectivity index (χ1) is 7.70. The minimum Gasteiger partial charge on any atom is -0.290 e. The zero-order valence-corrected chi connectivity index (χ0v) is 10.5. The van der Waals surface area contributed by atoms with Crippen LogP contribution in [0, 0.1) is 0 Å². The molecule has 16 heavy (non-hydrogen) atoms. The molecule has 0 aromatic heterocycles. The Labute approximate surface area is 98.9 Å². The minimum atomic E-state index is 0.271. The first kappa shape index (κ1) is 12.7. The first-order valence-corrected chi connectivity index (χ1v) is 5.90. The minimum absolute atomic E-state index is 0.271. The fourth-order valence-corrected chi connectivity index (χ4v) is 1.50. The molecular formula is C15H21N. The summed E-state index contributed by atoms with van der Waals surface area (Å²) in [7, 11) is 0. The van der Waals surface area contributed by atoms with Crippen molar-refractivity contribution in [1.82, 2.24) is 0 Å². The van der Waals surface area contributed by atoms with Crippen molar-refractivity contribution >= 4 is 6.21 Å². The Bertz CT molecular complexity index is 345. The van der Waals surface area contributed by atoms with Crippen molar-refractivity contribution in [2.45, 2.75) is 39.7 Å². The van der Waals surface area contributed by atoms with Crippen LogP contribution in [0.25, 0.3) is 0 Å². The number of benzene rings is 1. The number of hydrogen-bond donors (Lipinski definition) is 0. The average molecular weight is 215 g/mol. The van der Waals surface area contributed by atoms with Crippen LogP contribution in [0.4, 0.5) is 0 Å². The van der Waals surface area contributed by atoms with Crippen LogP contribution in [0.1, 0.15) is 45.2 Å². The van der Waals surface area contributed by atoms with Crippen LogP contribution < -0.4 is 0 Å². The molecule has 0 amide bonds. The number of unbranched alkanes of at least 4 members (excludes halogenated alkanes) is 1. The third-order valence-electron chi connectivity index (χ3n) is 2.46. The largest absolute Gasteiger partial charge is 0.290 e. The van der Waals surface area contributed by atoms with Gasteiger partial charge in [0.15, 0.2) is 0 Å². The van der Waals surface area contributed by atoms with Crippen LogP contribution in [-0.2, 0) is 0 Å². The van der Waals surface area contributed by atoms with Gasteiger partial charge in [-0.15, -0.1) is 0 Å². The zero-order valence-electron chi connectivity index (χ0n) is 10.5. The highest BCUT2D eigenvalue weighted by atomic mass is 14.7. The second-order valence-electron chi connectivity index (χ2n) is 4.28. The standard InChI is InChI=1S/C15H21N/c1-13(2)9-7-8-12-16-14(3)15-10-5-4-6-11-15/h4-6,9-12,14H,7-8H2,1-3H3/t14-/m0/s1. The van der Waals surface area contributed by atoms with Gasteiger partial charge < -0.3 is 0 Å². The smallest absolute Gasteiger partial charge is 0.0716 e. The molecule has 1 atom stereocenters. The zero-order chi connectivity index (χ0) is 11.8. The summed E-state index contributed by atoms with van der Waals surface area (Å²) in [5.74, 6) is 0. The Hall–Kier alpha value is -1.37. The van der Waals surface area contributed by atoms with Crippen LogP contribution in [0.5, 0.6) is 0 Å². The van der Waals surface area contributed by atoms with Gasteiger partial charge in [0.05, 0.1) is 6.04 Å². The Kier molecular flexibility index (Phi) is 5.55. The van der Waals surface area contributed by atoms with E-state index >= 15 is 0 Å². The Morgan fingerprint density at radius 2 is 1.88 bits per heavy atom. The summed E-state index contributed by atoms with van der Waals surface area (Å²) in [5, 5.41) is 0.